The molecule has 29 heavy (non-hydrogen) atoms. The number of pyridine rings is 1. The van der Waals surface area contributed by atoms with Crippen molar-refractivity contribution in [2.75, 3.05) is 11.9 Å². The molecule has 1 saturated heterocycles. The van der Waals surface area contributed by atoms with Crippen LogP contribution in [0.25, 0.3) is 16.7 Å². The van der Waals surface area contributed by atoms with Crippen LogP contribution in [0.5, 0.6) is 0 Å². The molecule has 3 aromatic heterocycles. The van der Waals surface area contributed by atoms with E-state index < -0.39 is 51.7 Å². The van der Waals surface area contributed by atoms with Gasteiger partial charge in [0.15, 0.2) is 23.1 Å². The van der Waals surface area contributed by atoms with Gasteiger partial charge in [-0.3, -0.25) is 9.35 Å². The number of hydrogen-bond acceptors (Lipinski definition) is 10. The Balaban J connectivity index is 1.86. The fourth-order valence-corrected chi connectivity index (χ4v) is 3.59. The van der Waals surface area contributed by atoms with Crippen LogP contribution in [0.3, 0.4) is 0 Å². The van der Waals surface area contributed by atoms with Crippen LogP contribution < -0.4 is 15.3 Å². The number of aromatic amines is 1. The number of fused-ring (bicyclic) bond motifs is 3. The van der Waals surface area contributed by atoms with E-state index in [9.17, 15) is 33.1 Å². The van der Waals surface area contributed by atoms with Gasteiger partial charge in [-0.05, 0) is 17.1 Å². The predicted molar refractivity (Wildman–Crippen MR) is 94.5 cm³/mol. The number of aliphatic hydroxyl groups is 3. The fraction of sp³-hybridized carbons (Fsp3) is 0.333. The molecule has 13 nitrogen and oxygen atoms in total. The summed E-state index contributed by atoms with van der Waals surface area (Å²) >= 11 is 0. The molecule has 4 atom stereocenters. The maximum Gasteiger partial charge on any atom is 0.357 e. The van der Waals surface area contributed by atoms with Crippen molar-refractivity contribution < 1.29 is 37.4 Å². The number of nitrogens with zero attached hydrogens (tertiary/aromatic N) is 3. The summed E-state index contributed by atoms with van der Waals surface area (Å²) in [6.45, 7) is -0.517. The van der Waals surface area contributed by atoms with E-state index in [1.807, 2.05) is 0 Å². The molecule has 0 amide bonds. The summed E-state index contributed by atoms with van der Waals surface area (Å²) in [7, 11) is -4.52. The number of hydrogen-bond donors (Lipinski definition) is 6. The highest BCUT2D eigenvalue weighted by molar-refractivity contribution is 7.85. The summed E-state index contributed by atoms with van der Waals surface area (Å²) < 4.78 is 38.7. The average molecular weight is 426 g/mol. The van der Waals surface area contributed by atoms with E-state index in [-0.39, 0.29) is 22.5 Å². The van der Waals surface area contributed by atoms with Crippen LogP contribution in [0.4, 0.5) is 5.82 Å². The summed E-state index contributed by atoms with van der Waals surface area (Å²) in [5, 5.41) is 31.8. The number of nitrogens with one attached hydrogen (secondary N) is 2. The van der Waals surface area contributed by atoms with E-state index >= 15 is 0 Å². The largest absolute Gasteiger partial charge is 0.394 e. The van der Waals surface area contributed by atoms with Gasteiger partial charge in [0.1, 0.15) is 29.4 Å². The summed E-state index contributed by atoms with van der Waals surface area (Å²) in [4.78, 5) is 22.6. The topological polar surface area (TPSA) is 199 Å². The summed E-state index contributed by atoms with van der Waals surface area (Å²) in [6.07, 6.45) is -2.72. The smallest absolute Gasteiger partial charge is 0.357 e. The number of aromatic nitrogens is 4. The van der Waals surface area contributed by atoms with Crippen LogP contribution in [0.15, 0.2) is 34.3 Å². The van der Waals surface area contributed by atoms with Crippen molar-refractivity contribution in [3.63, 3.8) is 0 Å². The second-order valence-electron chi connectivity index (χ2n) is 6.37. The molecular weight excluding hydrogens is 410 g/mol. The third-order valence-corrected chi connectivity index (χ3v) is 5.40. The lowest BCUT2D eigenvalue weighted by atomic mass is 10.1. The molecule has 3 aromatic rings. The Morgan fingerprint density at radius 3 is 2.66 bits per heavy atom. The average Bonchev–Trinajstić information content (AvgIpc) is 2.95. The lowest BCUT2D eigenvalue weighted by molar-refractivity contribution is -0.487. The van der Waals surface area contributed by atoms with Gasteiger partial charge in [0.25, 0.3) is 15.7 Å². The number of rotatable bonds is 4. The van der Waals surface area contributed by atoms with Crippen LogP contribution in [0.2, 0.25) is 0 Å². The minimum atomic E-state index is -4.52. The molecule has 1 aliphatic rings. The van der Waals surface area contributed by atoms with Gasteiger partial charge in [0.05, 0.1) is 6.61 Å². The first-order valence-corrected chi connectivity index (χ1v) is 9.73. The van der Waals surface area contributed by atoms with E-state index in [1.165, 1.54) is 10.5 Å². The van der Waals surface area contributed by atoms with Crippen molar-refractivity contribution in [2.45, 2.75) is 29.4 Å². The maximum atomic E-state index is 12.4. The molecule has 0 aromatic carbocycles. The van der Waals surface area contributed by atoms with Gasteiger partial charge in [-0.1, -0.05) is 0 Å². The van der Waals surface area contributed by atoms with E-state index in [0.717, 1.165) is 18.6 Å². The quantitative estimate of drug-likeness (QED) is 0.143. The van der Waals surface area contributed by atoms with Gasteiger partial charge in [-0.25, -0.2) is 0 Å². The third-order valence-electron chi connectivity index (χ3n) is 4.57. The van der Waals surface area contributed by atoms with Gasteiger partial charge in [0.2, 0.25) is 6.33 Å². The molecule has 0 saturated carbocycles. The molecule has 0 radical (unpaired) electrons. The normalized spacial score (nSPS) is 25.0. The molecular formula is C15H16N5O8S+. The Morgan fingerprint density at radius 1 is 1.24 bits per heavy atom. The molecule has 0 spiro atoms. The molecule has 14 heteroatoms. The van der Waals surface area contributed by atoms with E-state index in [2.05, 4.69) is 20.3 Å². The SMILES string of the molecule is O=c1[nH]c2c(NC3O[C@H](CO)[C@@H](O)[C@H]3O)ncnc2[n+]2cc(S(=O)(=O)O)ccc12. The first kappa shape index (κ1) is 19.6. The van der Waals surface area contributed by atoms with E-state index in [0.29, 0.717) is 0 Å². The monoisotopic (exact) mass is 426 g/mol. The number of H-pyrrole nitrogens is 1. The molecule has 4 heterocycles. The Morgan fingerprint density at radius 2 is 2.00 bits per heavy atom. The number of ether oxygens (including phenoxy) is 1. The maximum absolute atomic E-state index is 12.4. The van der Waals surface area contributed by atoms with Crippen molar-refractivity contribution in [1.29, 1.82) is 0 Å². The lowest BCUT2D eigenvalue weighted by Crippen LogP contribution is -2.37. The van der Waals surface area contributed by atoms with Crippen molar-refractivity contribution in [2.24, 2.45) is 0 Å². The van der Waals surface area contributed by atoms with Crippen molar-refractivity contribution in [3.05, 3.63) is 35.0 Å². The second-order valence-corrected chi connectivity index (χ2v) is 7.79. The van der Waals surface area contributed by atoms with Gasteiger partial charge in [0, 0.05) is 0 Å². The van der Waals surface area contributed by atoms with E-state index in [1.54, 1.807) is 0 Å². The number of aliphatic hydroxyl groups excluding tert-OH is 3. The minimum Gasteiger partial charge on any atom is -0.394 e. The first-order chi connectivity index (χ1) is 13.7. The molecule has 154 valence electrons. The van der Waals surface area contributed by atoms with Crippen molar-refractivity contribution in [1.82, 2.24) is 15.0 Å². The van der Waals surface area contributed by atoms with Gasteiger partial charge >= 0.3 is 5.65 Å². The van der Waals surface area contributed by atoms with Crippen LogP contribution in [0.1, 0.15) is 0 Å². The molecule has 1 aliphatic heterocycles. The van der Waals surface area contributed by atoms with Gasteiger partial charge < -0.3 is 30.4 Å². The van der Waals surface area contributed by atoms with E-state index in [4.69, 9.17) is 4.74 Å². The summed E-state index contributed by atoms with van der Waals surface area (Å²) in [5.41, 5.74) is -0.393. The zero-order chi connectivity index (χ0) is 20.9. The fourth-order valence-electron chi connectivity index (χ4n) is 3.11. The Labute approximate surface area is 162 Å². The Kier molecular flexibility index (Phi) is 4.68. The van der Waals surface area contributed by atoms with Crippen LogP contribution in [-0.4, -0.2) is 74.4 Å². The molecule has 1 unspecified atom stereocenters. The number of anilines is 1. The predicted octanol–water partition coefficient (Wildman–Crippen LogP) is -2.85. The molecule has 4 rings (SSSR count). The first-order valence-electron chi connectivity index (χ1n) is 8.29. The molecule has 0 bridgehead atoms. The molecule has 0 aliphatic carbocycles. The molecule has 6 N–H and O–H groups in total. The summed E-state index contributed by atoms with van der Waals surface area (Å²) in [6, 6.07) is 2.29. The van der Waals surface area contributed by atoms with Gasteiger partial charge in [-0.2, -0.15) is 17.8 Å². The second kappa shape index (κ2) is 6.94. The Hall–Kier alpha value is -2.75. The van der Waals surface area contributed by atoms with Crippen LogP contribution >= 0.6 is 0 Å². The van der Waals surface area contributed by atoms with Crippen LogP contribution in [-0.2, 0) is 14.9 Å². The van der Waals surface area contributed by atoms with Crippen molar-refractivity contribution in [3.8, 4) is 0 Å². The van der Waals surface area contributed by atoms with Gasteiger partial charge in [-0.15, -0.1) is 0 Å². The highest BCUT2D eigenvalue weighted by atomic mass is 32.2. The lowest BCUT2D eigenvalue weighted by Gasteiger charge is -2.16. The zero-order valence-corrected chi connectivity index (χ0v) is 15.3. The minimum absolute atomic E-state index is 0.0219. The highest BCUT2D eigenvalue weighted by Gasteiger charge is 2.42. The van der Waals surface area contributed by atoms with Crippen molar-refractivity contribution >= 4 is 32.6 Å². The summed E-state index contributed by atoms with van der Waals surface area (Å²) in [5.74, 6) is 0.0219. The zero-order valence-electron chi connectivity index (χ0n) is 14.5. The standard InChI is InChI=1S/C15H15N5O8S/c21-4-8-10(22)11(23)15(28-8)19-12-9-13(17-5-16-12)20-3-6(29(25,26)27)1-2-7(20)14(24)18-9/h1-3,5,8,10-11,15,21-23H,4H2,(H2,24,25,26,27)/p+1/t8-,10-,11-,15?/m1/s1. The third kappa shape index (κ3) is 3.31. The van der Waals surface area contributed by atoms with Crippen LogP contribution in [0, 0.1) is 0 Å². The molecule has 1 fully saturated rings. The highest BCUT2D eigenvalue weighted by Crippen LogP contribution is 2.24. The Bertz CT molecular complexity index is 1260.